The zero-order valence-corrected chi connectivity index (χ0v) is 12.8. The quantitative estimate of drug-likeness (QED) is 0.572. The highest BCUT2D eigenvalue weighted by Crippen LogP contribution is 2.55. The molecule has 1 aromatic rings. The van der Waals surface area contributed by atoms with Crippen molar-refractivity contribution in [3.05, 3.63) is 35.4 Å². The van der Waals surface area contributed by atoms with Gasteiger partial charge in [0.2, 0.25) is 0 Å². The average molecular weight is 398 g/mol. The number of aliphatic hydroxyl groups excluding tert-OH is 1. The van der Waals surface area contributed by atoms with Crippen LogP contribution in [0.3, 0.4) is 0 Å². The van der Waals surface area contributed by atoms with Crippen LogP contribution in [-0.4, -0.2) is 42.1 Å². The largest absolute Gasteiger partial charge is 0.465 e. The Balaban J connectivity index is 3.24. The molecule has 0 saturated heterocycles. The summed E-state index contributed by atoms with van der Waals surface area (Å²) in [6, 6.07) is 4.05. The highest BCUT2D eigenvalue weighted by Gasteiger charge is 2.81. The molecule has 1 aromatic carbocycles. The number of aliphatic hydroxyl groups is 1. The van der Waals surface area contributed by atoms with Crippen molar-refractivity contribution in [2.75, 3.05) is 7.11 Å². The van der Waals surface area contributed by atoms with Gasteiger partial charge in [0.25, 0.3) is 0 Å². The van der Waals surface area contributed by atoms with E-state index in [2.05, 4.69) is 4.74 Å². The number of methoxy groups -OCH3 is 1. The number of esters is 1. The maximum atomic E-state index is 13.6. The molecule has 0 aliphatic carbocycles. The summed E-state index contributed by atoms with van der Waals surface area (Å²) < 4.78 is 120. The number of hydrogen-bond acceptors (Lipinski definition) is 3. The molecule has 1 atom stereocenters. The van der Waals surface area contributed by atoms with E-state index < -0.39 is 53.6 Å². The molecule has 1 unspecified atom stereocenters. The third kappa shape index (κ3) is 3.74. The Bertz CT molecular complexity index is 655. The smallest absolute Gasteiger partial charge is 0.460 e. The molecule has 3 nitrogen and oxygen atoms in total. The molecule has 1 N–H and O–H groups in total. The zero-order chi connectivity index (χ0) is 20.6. The number of halogens is 9. The van der Waals surface area contributed by atoms with Crippen molar-refractivity contribution in [1.82, 2.24) is 0 Å². The Morgan fingerprint density at radius 1 is 1.00 bits per heavy atom. The first-order valence-corrected chi connectivity index (χ1v) is 6.65. The molecule has 26 heavy (non-hydrogen) atoms. The molecule has 0 amide bonds. The fourth-order valence-electron chi connectivity index (χ4n) is 1.97. The minimum atomic E-state index is -7.05. The Hall–Kier alpha value is -1.98. The lowest BCUT2D eigenvalue weighted by molar-refractivity contribution is -0.398. The predicted molar refractivity (Wildman–Crippen MR) is 68.3 cm³/mol. The van der Waals surface area contributed by atoms with E-state index in [0.29, 0.717) is 0 Å². The number of ether oxygens (including phenoxy) is 1. The molecular formula is C14H11F9O3. The molecule has 0 aromatic heterocycles. The summed E-state index contributed by atoms with van der Waals surface area (Å²) in [7, 11) is 0.873. The van der Waals surface area contributed by atoms with Gasteiger partial charge in [0.15, 0.2) is 0 Å². The third-order valence-corrected chi connectivity index (χ3v) is 3.38. The van der Waals surface area contributed by atoms with Crippen molar-refractivity contribution >= 4 is 5.97 Å². The lowest BCUT2D eigenvalue weighted by Gasteiger charge is -2.34. The van der Waals surface area contributed by atoms with E-state index in [1.165, 1.54) is 6.07 Å². The molecule has 148 valence electrons. The van der Waals surface area contributed by atoms with E-state index in [9.17, 15) is 49.4 Å². The molecule has 0 fully saturated rings. The van der Waals surface area contributed by atoms with Crippen molar-refractivity contribution in [1.29, 1.82) is 0 Å². The van der Waals surface area contributed by atoms with Gasteiger partial charge in [-0.25, -0.2) is 4.79 Å². The first-order valence-electron chi connectivity index (χ1n) is 6.65. The van der Waals surface area contributed by atoms with Gasteiger partial charge in [-0.1, -0.05) is 18.2 Å². The highest BCUT2D eigenvalue weighted by atomic mass is 19.4. The molecule has 1 rings (SSSR count). The van der Waals surface area contributed by atoms with Crippen LogP contribution in [0, 0.1) is 0 Å². The van der Waals surface area contributed by atoms with Crippen LogP contribution >= 0.6 is 0 Å². The van der Waals surface area contributed by atoms with Crippen LogP contribution in [0.25, 0.3) is 0 Å². The number of carbonyl (C=O) groups excluding carboxylic acids is 1. The summed E-state index contributed by atoms with van der Waals surface area (Å²) in [5, 5.41) is 9.67. The normalized spacial score (nSPS) is 14.9. The number of hydrogen-bond donors (Lipinski definition) is 1. The van der Waals surface area contributed by atoms with E-state index >= 15 is 0 Å². The van der Waals surface area contributed by atoms with Crippen molar-refractivity contribution < 1.29 is 54.2 Å². The van der Waals surface area contributed by atoms with E-state index in [4.69, 9.17) is 0 Å². The Morgan fingerprint density at radius 2 is 1.50 bits per heavy atom. The van der Waals surface area contributed by atoms with Crippen LogP contribution < -0.4 is 0 Å². The standard InChI is InChI=1S/C14H11F9O3/c1-26-10(25)8-5-3-2-4-7(8)9(24)6-11(15,16)12(17,18)13(19,20)14(21,22)23/h2-5,9,24H,6H2,1H3. The van der Waals surface area contributed by atoms with Crippen LogP contribution in [0.2, 0.25) is 0 Å². The fraction of sp³-hybridized carbons (Fsp3) is 0.500. The molecule has 0 aliphatic heterocycles. The zero-order valence-electron chi connectivity index (χ0n) is 12.8. The van der Waals surface area contributed by atoms with Crippen molar-refractivity contribution in [3.63, 3.8) is 0 Å². The number of alkyl halides is 9. The lowest BCUT2D eigenvalue weighted by Crippen LogP contribution is -2.61. The maximum Gasteiger partial charge on any atom is 0.460 e. The molecule has 0 radical (unpaired) electrons. The SMILES string of the molecule is COC(=O)c1ccccc1C(O)CC(F)(F)C(F)(F)C(F)(F)C(F)(F)F. The van der Waals surface area contributed by atoms with Crippen LogP contribution in [0.1, 0.15) is 28.4 Å². The monoisotopic (exact) mass is 398 g/mol. The first kappa shape index (κ1) is 22.1. The molecule has 12 heteroatoms. The van der Waals surface area contributed by atoms with Crippen molar-refractivity contribution in [2.45, 2.75) is 36.5 Å². The van der Waals surface area contributed by atoms with E-state index in [1.54, 1.807) is 0 Å². The van der Waals surface area contributed by atoms with Crippen molar-refractivity contribution in [3.8, 4) is 0 Å². The van der Waals surface area contributed by atoms with Gasteiger partial charge in [-0.15, -0.1) is 0 Å². The maximum absolute atomic E-state index is 13.6. The van der Waals surface area contributed by atoms with Crippen LogP contribution in [0.4, 0.5) is 39.5 Å². The number of carbonyl (C=O) groups is 1. The summed E-state index contributed by atoms with van der Waals surface area (Å²) in [6.45, 7) is 0. The van der Waals surface area contributed by atoms with Gasteiger partial charge in [0.1, 0.15) is 0 Å². The average Bonchev–Trinajstić information content (AvgIpc) is 2.52. The van der Waals surface area contributed by atoms with Crippen LogP contribution in [-0.2, 0) is 4.74 Å². The summed E-state index contributed by atoms with van der Waals surface area (Å²) in [5.41, 5.74) is -1.26. The lowest BCUT2D eigenvalue weighted by atomic mass is 9.93. The Labute approximate surface area is 140 Å². The van der Waals surface area contributed by atoms with Gasteiger partial charge in [-0.05, 0) is 11.6 Å². The van der Waals surface area contributed by atoms with Crippen molar-refractivity contribution in [2.24, 2.45) is 0 Å². The van der Waals surface area contributed by atoms with Crippen LogP contribution in [0.15, 0.2) is 24.3 Å². The second-order valence-electron chi connectivity index (χ2n) is 5.15. The summed E-state index contributed by atoms with van der Waals surface area (Å²) in [6.07, 6.45) is -12.1. The second-order valence-corrected chi connectivity index (χ2v) is 5.15. The predicted octanol–water partition coefficient (Wildman–Crippen LogP) is 4.36. The summed E-state index contributed by atoms with van der Waals surface area (Å²) >= 11 is 0. The molecule has 0 spiro atoms. The molecule has 0 aliphatic rings. The van der Waals surface area contributed by atoms with E-state index in [-0.39, 0.29) is 0 Å². The van der Waals surface area contributed by atoms with Crippen LogP contribution in [0.5, 0.6) is 0 Å². The summed E-state index contributed by atoms with van der Waals surface area (Å²) in [4.78, 5) is 11.5. The van der Waals surface area contributed by atoms with E-state index in [1.807, 2.05) is 0 Å². The minimum Gasteiger partial charge on any atom is -0.465 e. The molecule has 0 heterocycles. The van der Waals surface area contributed by atoms with Gasteiger partial charge in [0.05, 0.1) is 18.8 Å². The molecular weight excluding hydrogens is 387 g/mol. The highest BCUT2D eigenvalue weighted by molar-refractivity contribution is 5.91. The van der Waals surface area contributed by atoms with Gasteiger partial charge < -0.3 is 9.84 Å². The topological polar surface area (TPSA) is 46.5 Å². The fourth-order valence-corrected chi connectivity index (χ4v) is 1.97. The van der Waals surface area contributed by atoms with E-state index in [0.717, 1.165) is 25.3 Å². The van der Waals surface area contributed by atoms with Gasteiger partial charge >= 0.3 is 29.9 Å². The second kappa shape index (κ2) is 6.97. The Morgan fingerprint density at radius 3 is 1.96 bits per heavy atom. The first-order chi connectivity index (χ1) is 11.6. The number of benzene rings is 1. The van der Waals surface area contributed by atoms with Gasteiger partial charge in [0, 0.05) is 6.42 Å². The van der Waals surface area contributed by atoms with Gasteiger partial charge in [-0.2, -0.15) is 39.5 Å². The molecule has 0 bridgehead atoms. The molecule has 0 saturated carbocycles. The minimum absolute atomic E-state index is 0.552. The third-order valence-electron chi connectivity index (χ3n) is 3.38. The number of rotatable bonds is 6. The van der Waals surface area contributed by atoms with Gasteiger partial charge in [-0.3, -0.25) is 0 Å². The summed E-state index contributed by atoms with van der Waals surface area (Å²) in [5.74, 6) is -21.0. The Kier molecular flexibility index (Phi) is 5.91.